The largest absolute Gasteiger partial charge is 1.00 e. The highest BCUT2D eigenvalue weighted by Crippen LogP contribution is 2.25. The van der Waals surface area contributed by atoms with Crippen molar-refractivity contribution in [3.05, 3.63) is 28.2 Å². The van der Waals surface area contributed by atoms with Crippen molar-refractivity contribution < 1.29 is 21.7 Å². The summed E-state index contributed by atoms with van der Waals surface area (Å²) in [6.07, 6.45) is 5.25. The van der Waals surface area contributed by atoms with E-state index in [0.29, 0.717) is 0 Å². The van der Waals surface area contributed by atoms with Crippen LogP contribution in [0.1, 0.15) is 31.2 Å². The lowest BCUT2D eigenvalue weighted by atomic mass is 10.1. The Hall–Kier alpha value is -0.0600. The molecule has 0 N–H and O–H groups in total. The van der Waals surface area contributed by atoms with E-state index in [1.807, 2.05) is 6.07 Å². The van der Waals surface area contributed by atoms with Crippen LogP contribution >= 0.6 is 15.9 Å². The van der Waals surface area contributed by atoms with E-state index < -0.39 is 0 Å². The monoisotopic (exact) mass is 390 g/mol. The third-order valence-corrected chi connectivity index (χ3v) is 4.03. The summed E-state index contributed by atoms with van der Waals surface area (Å²) in [5.74, 6) is 0.958. The Morgan fingerprint density at radius 1 is 1.21 bits per heavy atom. The van der Waals surface area contributed by atoms with E-state index in [1.54, 1.807) is 0 Å². The molecule has 19 heavy (non-hydrogen) atoms. The van der Waals surface area contributed by atoms with Gasteiger partial charge in [-0.15, -0.1) is 0 Å². The van der Waals surface area contributed by atoms with Crippen molar-refractivity contribution >= 4 is 15.9 Å². The molecule has 1 fully saturated rings. The van der Waals surface area contributed by atoms with E-state index in [1.165, 1.54) is 44.5 Å². The van der Waals surface area contributed by atoms with Crippen LogP contribution in [0.4, 0.5) is 0 Å². The number of nitrogens with zero attached hydrogens (tertiary/aromatic N) is 1. The van der Waals surface area contributed by atoms with Crippen LogP contribution in [0.15, 0.2) is 22.7 Å². The van der Waals surface area contributed by atoms with Crippen molar-refractivity contribution in [1.29, 1.82) is 0 Å². The molecular weight excluding hydrogens is 370 g/mol. The first-order chi connectivity index (χ1) is 8.75. The summed E-state index contributed by atoms with van der Waals surface area (Å²) < 4.78 is 6.87. The second kappa shape index (κ2) is 8.98. The molecule has 4 heteroatoms. The molecule has 0 saturated carbocycles. The van der Waals surface area contributed by atoms with Gasteiger partial charge in [0, 0.05) is 6.54 Å². The molecule has 1 heterocycles. The highest BCUT2D eigenvalue weighted by atomic mass is 79.9. The number of piperidine rings is 1. The van der Waals surface area contributed by atoms with Gasteiger partial charge in [0.2, 0.25) is 0 Å². The van der Waals surface area contributed by atoms with E-state index in [-0.39, 0.29) is 17.0 Å². The lowest BCUT2D eigenvalue weighted by Crippen LogP contribution is -3.00. The molecule has 2 nitrogen and oxygen atoms in total. The fourth-order valence-electron chi connectivity index (χ4n) is 2.38. The molecule has 0 aliphatic carbocycles. The van der Waals surface area contributed by atoms with Crippen LogP contribution in [0, 0.1) is 6.92 Å². The maximum Gasteiger partial charge on any atom is 0.133 e. The number of halogens is 2. The van der Waals surface area contributed by atoms with E-state index in [9.17, 15) is 0 Å². The Bertz CT molecular complexity index is 378. The molecule has 108 valence electrons. The number of benzene rings is 1. The van der Waals surface area contributed by atoms with Crippen LogP contribution in [-0.4, -0.2) is 31.1 Å². The summed E-state index contributed by atoms with van der Waals surface area (Å²) in [5, 5.41) is 0. The van der Waals surface area contributed by atoms with Gasteiger partial charge >= 0.3 is 0 Å². The average molecular weight is 392 g/mol. The van der Waals surface area contributed by atoms with Crippen LogP contribution in [0.25, 0.3) is 0 Å². The Balaban J connectivity index is 0.00000180. The van der Waals surface area contributed by atoms with Crippen molar-refractivity contribution in [2.45, 2.75) is 32.6 Å². The Kier molecular flexibility index (Phi) is 8.03. The predicted octanol–water partition coefficient (Wildman–Crippen LogP) is 1.02. The highest BCUT2D eigenvalue weighted by molar-refractivity contribution is 9.10. The molecule has 0 radical (unpaired) electrons. The van der Waals surface area contributed by atoms with Crippen molar-refractivity contribution in [2.75, 3.05) is 26.2 Å². The van der Waals surface area contributed by atoms with Crippen LogP contribution in [0.3, 0.4) is 0 Å². The molecule has 0 unspecified atom stereocenters. The van der Waals surface area contributed by atoms with Gasteiger partial charge in [0.1, 0.15) is 5.75 Å². The maximum absolute atomic E-state index is 5.81. The maximum atomic E-state index is 5.81. The summed E-state index contributed by atoms with van der Waals surface area (Å²) in [5.41, 5.74) is 1.25. The fourth-order valence-corrected chi connectivity index (χ4v) is 2.98. The topological polar surface area (TPSA) is 12.5 Å². The highest BCUT2D eigenvalue weighted by Gasteiger charge is 2.09. The number of rotatable bonds is 5. The predicted molar refractivity (Wildman–Crippen MR) is 79.3 cm³/mol. The minimum absolute atomic E-state index is 0. The third-order valence-electron chi connectivity index (χ3n) is 3.41. The minimum atomic E-state index is 0. The van der Waals surface area contributed by atoms with Gasteiger partial charge in [0.15, 0.2) is 0 Å². The van der Waals surface area contributed by atoms with Gasteiger partial charge in [-0.2, -0.15) is 0 Å². The van der Waals surface area contributed by atoms with Crippen molar-refractivity contribution in [1.82, 2.24) is 4.90 Å². The number of hydrogen-bond acceptors (Lipinski definition) is 2. The summed E-state index contributed by atoms with van der Waals surface area (Å²) >= 11 is 3.54. The summed E-state index contributed by atoms with van der Waals surface area (Å²) in [6, 6.07) is 6.23. The summed E-state index contributed by atoms with van der Waals surface area (Å²) in [6.45, 7) is 6.61. The molecule has 1 saturated heterocycles. The molecular formula is C15H22Br2NO-. The van der Waals surface area contributed by atoms with Crippen molar-refractivity contribution in [2.24, 2.45) is 0 Å². The van der Waals surface area contributed by atoms with Gasteiger partial charge in [-0.1, -0.05) is 12.5 Å². The zero-order chi connectivity index (χ0) is 12.8. The second-order valence-electron chi connectivity index (χ2n) is 5.04. The molecule has 1 aromatic rings. The molecule has 0 atom stereocenters. The minimum Gasteiger partial charge on any atom is -1.00 e. The lowest BCUT2D eigenvalue weighted by Gasteiger charge is -2.26. The second-order valence-corrected chi connectivity index (χ2v) is 5.89. The van der Waals surface area contributed by atoms with E-state index in [2.05, 4.69) is 39.9 Å². The molecule has 1 aromatic carbocycles. The number of ether oxygens (including phenoxy) is 1. The first-order valence-corrected chi connectivity index (χ1v) is 7.66. The summed E-state index contributed by atoms with van der Waals surface area (Å²) in [4.78, 5) is 2.55. The number of likely N-dealkylation sites (tertiary alicyclic amines) is 1. The standard InChI is InChI=1S/C15H22BrNO.BrH/c1-13-6-7-15(14(16)12-13)18-11-5-10-17-8-3-2-4-9-17;/h6-7,12H,2-5,8-11H2,1H3;1H/p-1. The van der Waals surface area contributed by atoms with Crippen LogP contribution in [0.5, 0.6) is 5.75 Å². The van der Waals surface area contributed by atoms with Crippen LogP contribution in [0.2, 0.25) is 0 Å². The van der Waals surface area contributed by atoms with E-state index in [0.717, 1.165) is 23.2 Å². The molecule has 0 aromatic heterocycles. The van der Waals surface area contributed by atoms with Gasteiger partial charge in [-0.05, 0) is 72.9 Å². The zero-order valence-electron chi connectivity index (χ0n) is 11.5. The molecule has 0 amide bonds. The lowest BCUT2D eigenvalue weighted by molar-refractivity contribution is -0.00000418. The van der Waals surface area contributed by atoms with Gasteiger partial charge in [0.05, 0.1) is 11.1 Å². The summed E-state index contributed by atoms with van der Waals surface area (Å²) in [7, 11) is 0. The van der Waals surface area contributed by atoms with Crippen LogP contribution in [-0.2, 0) is 0 Å². The van der Waals surface area contributed by atoms with E-state index in [4.69, 9.17) is 4.74 Å². The Labute approximate surface area is 135 Å². The van der Waals surface area contributed by atoms with Gasteiger partial charge in [-0.3, -0.25) is 0 Å². The third kappa shape index (κ3) is 5.84. The number of hydrogen-bond donors (Lipinski definition) is 0. The molecule has 2 rings (SSSR count). The Morgan fingerprint density at radius 2 is 1.95 bits per heavy atom. The Morgan fingerprint density at radius 3 is 2.63 bits per heavy atom. The SMILES string of the molecule is Cc1ccc(OCCCN2CCCCC2)c(Br)c1.[Br-]. The molecule has 1 aliphatic rings. The molecule has 0 bridgehead atoms. The molecule has 0 spiro atoms. The van der Waals surface area contributed by atoms with Gasteiger partial charge in [-0.25, -0.2) is 0 Å². The molecule has 1 aliphatic heterocycles. The zero-order valence-corrected chi connectivity index (χ0v) is 14.7. The average Bonchev–Trinajstić information content (AvgIpc) is 2.38. The van der Waals surface area contributed by atoms with Crippen LogP contribution < -0.4 is 21.7 Å². The smallest absolute Gasteiger partial charge is 0.133 e. The van der Waals surface area contributed by atoms with Crippen molar-refractivity contribution in [3.8, 4) is 5.75 Å². The quantitative estimate of drug-likeness (QED) is 0.694. The first kappa shape index (κ1) is 17.0. The normalized spacial score (nSPS) is 15.9. The fraction of sp³-hybridized carbons (Fsp3) is 0.600. The first-order valence-electron chi connectivity index (χ1n) is 6.87. The van der Waals surface area contributed by atoms with Gasteiger partial charge < -0.3 is 26.6 Å². The van der Waals surface area contributed by atoms with Gasteiger partial charge in [0.25, 0.3) is 0 Å². The van der Waals surface area contributed by atoms with Crippen molar-refractivity contribution in [3.63, 3.8) is 0 Å². The number of aryl methyl sites for hydroxylation is 1. The van der Waals surface area contributed by atoms with E-state index >= 15 is 0 Å².